The number of benzene rings is 2. The Hall–Kier alpha value is -3.12. The summed E-state index contributed by atoms with van der Waals surface area (Å²) in [5, 5.41) is 9.99. The zero-order chi connectivity index (χ0) is 26.1. The molecule has 188 valence electrons. The lowest BCUT2D eigenvalue weighted by Gasteiger charge is -2.22. The Bertz CT molecular complexity index is 1330. The van der Waals surface area contributed by atoms with E-state index in [1.807, 2.05) is 13.8 Å². The van der Waals surface area contributed by atoms with Gasteiger partial charge in [-0.3, -0.25) is 0 Å². The number of ether oxygens (including phenoxy) is 1. The molecule has 0 aliphatic rings. The maximum atomic E-state index is 13.5. The third-order valence-corrected chi connectivity index (χ3v) is 7.97. The monoisotopic (exact) mass is 528 g/mol. The third-order valence-electron chi connectivity index (χ3n) is 5.10. The Morgan fingerprint density at radius 3 is 2.31 bits per heavy atom. The Kier molecular flexibility index (Phi) is 7.46. The van der Waals surface area contributed by atoms with Crippen molar-refractivity contribution in [1.29, 1.82) is 0 Å². The van der Waals surface area contributed by atoms with Crippen molar-refractivity contribution in [1.82, 2.24) is 4.98 Å². The van der Waals surface area contributed by atoms with Gasteiger partial charge in [-0.2, -0.15) is 0 Å². The molecule has 0 atom stereocenters. The molecule has 12 heteroatoms. The van der Waals surface area contributed by atoms with Gasteiger partial charge in [0.1, 0.15) is 10.8 Å². The standard InChI is InChI=1S/C23H23F3N2O5S2/c1-5-28(35(31,32)17-10-11-18(13(2)3)19(12-17)22(29)30)20-14(4)34-21(27-20)15-6-8-16(9-7-15)33-23(24,25)26/h6-13H,5H2,1-4H3,(H,29,30). The Morgan fingerprint density at radius 2 is 1.80 bits per heavy atom. The highest BCUT2D eigenvalue weighted by Crippen LogP contribution is 2.36. The van der Waals surface area contributed by atoms with Crippen LogP contribution in [0.15, 0.2) is 47.4 Å². The summed E-state index contributed by atoms with van der Waals surface area (Å²) in [6.45, 7) is 6.96. The van der Waals surface area contributed by atoms with E-state index in [1.54, 1.807) is 13.8 Å². The average Bonchev–Trinajstić information content (AvgIpc) is 3.14. The van der Waals surface area contributed by atoms with Gasteiger partial charge in [-0.05, 0) is 61.7 Å². The maximum absolute atomic E-state index is 13.5. The van der Waals surface area contributed by atoms with Crippen LogP contribution in [-0.2, 0) is 10.0 Å². The fourth-order valence-corrected chi connectivity index (χ4v) is 5.98. The second kappa shape index (κ2) is 9.86. The topological polar surface area (TPSA) is 96.8 Å². The Morgan fingerprint density at radius 1 is 1.17 bits per heavy atom. The summed E-state index contributed by atoms with van der Waals surface area (Å²) in [5.41, 5.74) is 0.917. The lowest BCUT2D eigenvalue weighted by atomic mass is 9.97. The minimum absolute atomic E-state index is 0.0268. The van der Waals surface area contributed by atoms with E-state index < -0.39 is 22.4 Å². The molecule has 0 unspecified atom stereocenters. The Labute approximate surface area is 204 Å². The molecular weight excluding hydrogens is 505 g/mol. The molecule has 0 aliphatic heterocycles. The van der Waals surface area contributed by atoms with Crippen molar-refractivity contribution in [3.63, 3.8) is 0 Å². The van der Waals surface area contributed by atoms with Crippen LogP contribution in [0.3, 0.4) is 0 Å². The predicted molar refractivity (Wildman–Crippen MR) is 127 cm³/mol. The second-order valence-electron chi connectivity index (χ2n) is 7.85. The van der Waals surface area contributed by atoms with Crippen LogP contribution in [0.4, 0.5) is 19.0 Å². The molecule has 2 aromatic carbocycles. The molecule has 1 N–H and O–H groups in total. The van der Waals surface area contributed by atoms with E-state index in [-0.39, 0.29) is 34.5 Å². The molecule has 0 saturated carbocycles. The molecule has 0 fully saturated rings. The maximum Gasteiger partial charge on any atom is 0.573 e. The second-order valence-corrected chi connectivity index (χ2v) is 10.9. The lowest BCUT2D eigenvalue weighted by Crippen LogP contribution is -2.31. The highest BCUT2D eigenvalue weighted by Gasteiger charge is 2.31. The number of sulfonamides is 1. The van der Waals surface area contributed by atoms with Gasteiger partial charge in [0, 0.05) is 17.0 Å². The molecule has 0 saturated heterocycles. The highest BCUT2D eigenvalue weighted by atomic mass is 32.2. The summed E-state index contributed by atoms with van der Waals surface area (Å²) in [6.07, 6.45) is -4.81. The summed E-state index contributed by atoms with van der Waals surface area (Å²) >= 11 is 1.18. The number of hydrogen-bond acceptors (Lipinski definition) is 6. The number of alkyl halides is 3. The fourth-order valence-electron chi connectivity index (χ4n) is 3.49. The molecule has 0 aliphatic carbocycles. The molecule has 35 heavy (non-hydrogen) atoms. The van der Waals surface area contributed by atoms with Crippen LogP contribution in [-0.4, -0.2) is 37.4 Å². The largest absolute Gasteiger partial charge is 0.573 e. The number of carbonyl (C=O) groups is 1. The van der Waals surface area contributed by atoms with Gasteiger partial charge < -0.3 is 9.84 Å². The molecule has 0 amide bonds. The molecule has 3 rings (SSSR count). The molecule has 0 spiro atoms. The molecular formula is C23H23F3N2O5S2. The van der Waals surface area contributed by atoms with Crippen molar-refractivity contribution in [2.75, 3.05) is 10.8 Å². The molecule has 0 radical (unpaired) electrons. The van der Waals surface area contributed by atoms with Crippen LogP contribution in [0, 0.1) is 6.92 Å². The number of thiazole rings is 1. The van der Waals surface area contributed by atoms with E-state index in [9.17, 15) is 31.5 Å². The van der Waals surface area contributed by atoms with E-state index in [4.69, 9.17) is 0 Å². The van der Waals surface area contributed by atoms with Crippen molar-refractivity contribution in [2.24, 2.45) is 0 Å². The summed E-state index contributed by atoms with van der Waals surface area (Å²) in [5.74, 6) is -1.56. The number of nitrogens with zero attached hydrogens (tertiary/aromatic N) is 2. The smallest absolute Gasteiger partial charge is 0.478 e. The zero-order valence-electron chi connectivity index (χ0n) is 19.3. The number of carboxylic acid groups (broad SMARTS) is 1. The van der Waals surface area contributed by atoms with Gasteiger partial charge in [-0.25, -0.2) is 22.5 Å². The number of aromatic nitrogens is 1. The van der Waals surface area contributed by atoms with Gasteiger partial charge in [-0.15, -0.1) is 24.5 Å². The minimum atomic E-state index is -4.81. The lowest BCUT2D eigenvalue weighted by molar-refractivity contribution is -0.274. The van der Waals surface area contributed by atoms with Gasteiger partial charge in [-0.1, -0.05) is 19.9 Å². The number of carboxylic acids is 1. The third kappa shape index (κ3) is 5.76. The SMILES string of the molecule is CCN(c1nc(-c2ccc(OC(F)(F)F)cc2)sc1C)S(=O)(=O)c1ccc(C(C)C)c(C(=O)O)c1. The van der Waals surface area contributed by atoms with Crippen LogP contribution in [0.5, 0.6) is 5.75 Å². The van der Waals surface area contributed by atoms with Gasteiger partial charge in [0.25, 0.3) is 10.0 Å². The number of halogens is 3. The fraction of sp³-hybridized carbons (Fsp3) is 0.304. The van der Waals surface area contributed by atoms with Crippen molar-refractivity contribution in [2.45, 2.75) is 44.9 Å². The molecule has 1 aromatic heterocycles. The first-order valence-corrected chi connectivity index (χ1v) is 12.7. The van der Waals surface area contributed by atoms with E-state index in [0.717, 1.165) is 22.5 Å². The summed E-state index contributed by atoms with van der Waals surface area (Å²) < 4.78 is 69.1. The number of rotatable bonds is 8. The number of anilines is 1. The number of hydrogen-bond donors (Lipinski definition) is 1. The van der Waals surface area contributed by atoms with Gasteiger partial charge in [0.05, 0.1) is 10.5 Å². The summed E-state index contributed by atoms with van der Waals surface area (Å²) in [7, 11) is -4.15. The average molecular weight is 529 g/mol. The first-order chi connectivity index (χ1) is 16.2. The van der Waals surface area contributed by atoms with Crippen LogP contribution < -0.4 is 9.04 Å². The van der Waals surface area contributed by atoms with Gasteiger partial charge >= 0.3 is 12.3 Å². The molecule has 1 heterocycles. The van der Waals surface area contributed by atoms with E-state index in [2.05, 4.69) is 9.72 Å². The predicted octanol–water partition coefficient (Wildman–Crippen LogP) is 6.05. The van der Waals surface area contributed by atoms with Crippen molar-refractivity contribution in [3.8, 4) is 16.3 Å². The minimum Gasteiger partial charge on any atom is -0.478 e. The molecule has 3 aromatic rings. The molecule has 0 bridgehead atoms. The van der Waals surface area contributed by atoms with Crippen molar-refractivity contribution >= 4 is 33.1 Å². The summed E-state index contributed by atoms with van der Waals surface area (Å²) in [4.78, 5) is 16.6. The van der Waals surface area contributed by atoms with Gasteiger partial charge in [0.2, 0.25) is 0 Å². The van der Waals surface area contributed by atoms with E-state index in [0.29, 0.717) is 21.0 Å². The summed E-state index contributed by atoms with van der Waals surface area (Å²) in [6, 6.07) is 9.13. The first kappa shape index (κ1) is 26.5. The number of aromatic carboxylic acids is 1. The van der Waals surface area contributed by atoms with Crippen LogP contribution in [0.25, 0.3) is 10.6 Å². The van der Waals surface area contributed by atoms with Crippen LogP contribution in [0.2, 0.25) is 0 Å². The normalized spacial score (nSPS) is 12.1. The van der Waals surface area contributed by atoms with Gasteiger partial charge in [0.15, 0.2) is 5.82 Å². The quantitative estimate of drug-likeness (QED) is 0.382. The Balaban J connectivity index is 1.99. The van der Waals surface area contributed by atoms with E-state index in [1.165, 1.54) is 35.6 Å². The van der Waals surface area contributed by atoms with Crippen LogP contribution >= 0.6 is 11.3 Å². The van der Waals surface area contributed by atoms with E-state index >= 15 is 0 Å². The van der Waals surface area contributed by atoms with Crippen LogP contribution in [0.1, 0.15) is 47.5 Å². The zero-order valence-corrected chi connectivity index (χ0v) is 20.9. The van der Waals surface area contributed by atoms with Crippen molar-refractivity contribution < 1.29 is 36.2 Å². The molecule has 7 nitrogen and oxygen atoms in total. The van der Waals surface area contributed by atoms with Crippen molar-refractivity contribution in [3.05, 3.63) is 58.5 Å². The number of aryl methyl sites for hydroxylation is 1. The first-order valence-electron chi connectivity index (χ1n) is 10.5. The highest BCUT2D eigenvalue weighted by molar-refractivity contribution is 7.92.